The standard InChI is InChI=1S/C13H25N3O2/c1-13(2,3)18-12(17)16-7-10(14)9-5-6-15(4)8-11(9)16/h9-11H,5-8,14H2,1-4H3. The summed E-state index contributed by atoms with van der Waals surface area (Å²) in [5.74, 6) is 0.425. The van der Waals surface area contributed by atoms with Gasteiger partial charge in [-0.25, -0.2) is 4.79 Å². The second-order valence-electron chi connectivity index (χ2n) is 6.58. The van der Waals surface area contributed by atoms with Gasteiger partial charge in [0.1, 0.15) is 5.60 Å². The lowest BCUT2D eigenvalue weighted by atomic mass is 9.90. The van der Waals surface area contributed by atoms with Crippen LogP contribution < -0.4 is 5.73 Å². The molecule has 0 bridgehead atoms. The molecule has 0 radical (unpaired) electrons. The highest BCUT2D eigenvalue weighted by atomic mass is 16.6. The van der Waals surface area contributed by atoms with Crippen LogP contribution in [-0.2, 0) is 4.74 Å². The summed E-state index contributed by atoms with van der Waals surface area (Å²) in [7, 11) is 2.09. The predicted octanol–water partition coefficient (Wildman–Crippen LogP) is 0.885. The van der Waals surface area contributed by atoms with Crippen molar-refractivity contribution in [2.45, 2.75) is 44.9 Å². The van der Waals surface area contributed by atoms with E-state index in [2.05, 4.69) is 11.9 Å². The Bertz CT molecular complexity index is 327. The molecule has 2 saturated heterocycles. The minimum Gasteiger partial charge on any atom is -0.444 e. The number of nitrogens with two attached hydrogens (primary N) is 1. The Morgan fingerprint density at radius 3 is 2.61 bits per heavy atom. The van der Waals surface area contributed by atoms with Crippen molar-refractivity contribution in [1.82, 2.24) is 9.80 Å². The second kappa shape index (κ2) is 4.70. The molecular weight excluding hydrogens is 230 g/mol. The first-order valence-electron chi connectivity index (χ1n) is 6.71. The fraction of sp³-hybridized carbons (Fsp3) is 0.923. The third-order valence-electron chi connectivity index (χ3n) is 3.82. The SMILES string of the molecule is CN1CCC2C(N)CN(C(=O)OC(C)(C)C)C2C1. The molecule has 0 aliphatic carbocycles. The van der Waals surface area contributed by atoms with E-state index in [1.165, 1.54) is 0 Å². The van der Waals surface area contributed by atoms with Crippen molar-refractivity contribution in [1.29, 1.82) is 0 Å². The van der Waals surface area contributed by atoms with Gasteiger partial charge in [0, 0.05) is 19.1 Å². The van der Waals surface area contributed by atoms with Crippen LogP contribution >= 0.6 is 0 Å². The molecule has 0 aromatic heterocycles. The van der Waals surface area contributed by atoms with Gasteiger partial charge in [0.2, 0.25) is 0 Å². The number of carbonyl (C=O) groups is 1. The first-order chi connectivity index (χ1) is 8.28. The summed E-state index contributed by atoms with van der Waals surface area (Å²) >= 11 is 0. The van der Waals surface area contributed by atoms with Gasteiger partial charge in [-0.15, -0.1) is 0 Å². The number of piperidine rings is 1. The third kappa shape index (κ3) is 2.78. The average molecular weight is 255 g/mol. The summed E-state index contributed by atoms with van der Waals surface area (Å²) in [6.45, 7) is 8.27. The monoisotopic (exact) mass is 255 g/mol. The van der Waals surface area contributed by atoms with Crippen molar-refractivity contribution in [2.24, 2.45) is 11.7 Å². The Morgan fingerprint density at radius 2 is 2.00 bits per heavy atom. The molecule has 3 atom stereocenters. The van der Waals surface area contributed by atoms with Crippen molar-refractivity contribution in [3.8, 4) is 0 Å². The Morgan fingerprint density at radius 1 is 1.33 bits per heavy atom. The van der Waals surface area contributed by atoms with Crippen LogP contribution in [0.1, 0.15) is 27.2 Å². The number of ether oxygens (including phenoxy) is 1. The summed E-state index contributed by atoms with van der Waals surface area (Å²) in [5.41, 5.74) is 5.71. The van der Waals surface area contributed by atoms with Gasteiger partial charge < -0.3 is 20.3 Å². The zero-order valence-electron chi connectivity index (χ0n) is 11.8. The van der Waals surface area contributed by atoms with Crippen LogP contribution in [0.2, 0.25) is 0 Å². The molecule has 2 rings (SSSR count). The molecule has 2 aliphatic heterocycles. The van der Waals surface area contributed by atoms with Crippen LogP contribution in [0.3, 0.4) is 0 Å². The number of amides is 1. The summed E-state index contributed by atoms with van der Waals surface area (Å²) in [6, 6.07) is 0.310. The van der Waals surface area contributed by atoms with Gasteiger partial charge in [0.25, 0.3) is 0 Å². The smallest absolute Gasteiger partial charge is 0.410 e. The van der Waals surface area contributed by atoms with Crippen molar-refractivity contribution in [3.05, 3.63) is 0 Å². The van der Waals surface area contributed by atoms with Crippen LogP contribution in [0.25, 0.3) is 0 Å². The molecule has 2 heterocycles. The van der Waals surface area contributed by atoms with Gasteiger partial charge in [0.05, 0.1) is 6.04 Å². The zero-order valence-corrected chi connectivity index (χ0v) is 11.8. The van der Waals surface area contributed by atoms with Crippen LogP contribution in [-0.4, -0.2) is 60.3 Å². The zero-order chi connectivity index (χ0) is 13.5. The molecule has 0 spiro atoms. The Labute approximate surface area is 109 Å². The Balaban J connectivity index is 2.06. The molecule has 5 nitrogen and oxygen atoms in total. The lowest BCUT2D eigenvalue weighted by Crippen LogP contribution is -2.50. The molecular formula is C13H25N3O2. The summed E-state index contributed by atoms with van der Waals surface area (Å²) in [4.78, 5) is 16.3. The van der Waals surface area contributed by atoms with Crippen molar-refractivity contribution < 1.29 is 9.53 Å². The number of hydrogen-bond acceptors (Lipinski definition) is 4. The number of carbonyl (C=O) groups excluding carboxylic acids is 1. The molecule has 3 unspecified atom stereocenters. The molecule has 0 saturated carbocycles. The van der Waals surface area contributed by atoms with Gasteiger partial charge in [-0.2, -0.15) is 0 Å². The highest BCUT2D eigenvalue weighted by Gasteiger charge is 2.45. The van der Waals surface area contributed by atoms with Crippen molar-refractivity contribution >= 4 is 6.09 Å². The molecule has 0 aromatic carbocycles. The number of likely N-dealkylation sites (tertiary alicyclic amines) is 2. The van der Waals surface area contributed by atoms with Gasteiger partial charge in [-0.3, -0.25) is 0 Å². The fourth-order valence-corrected chi connectivity index (χ4v) is 2.97. The molecule has 0 aromatic rings. The maximum absolute atomic E-state index is 12.2. The predicted molar refractivity (Wildman–Crippen MR) is 70.3 cm³/mol. The first-order valence-corrected chi connectivity index (χ1v) is 6.71. The summed E-state index contributed by atoms with van der Waals surface area (Å²) in [6.07, 6.45) is 0.850. The lowest BCUT2D eigenvalue weighted by molar-refractivity contribution is 0.0143. The molecule has 2 fully saturated rings. The van der Waals surface area contributed by atoms with Crippen LogP contribution in [0.15, 0.2) is 0 Å². The van der Waals surface area contributed by atoms with Crippen molar-refractivity contribution in [2.75, 3.05) is 26.7 Å². The number of likely N-dealkylation sites (N-methyl/N-ethyl adjacent to an activating group) is 1. The average Bonchev–Trinajstić information content (AvgIpc) is 2.53. The van der Waals surface area contributed by atoms with E-state index in [1.807, 2.05) is 25.7 Å². The maximum Gasteiger partial charge on any atom is 0.410 e. The largest absolute Gasteiger partial charge is 0.444 e. The normalized spacial score (nSPS) is 33.4. The van der Waals surface area contributed by atoms with E-state index in [0.29, 0.717) is 12.5 Å². The topological polar surface area (TPSA) is 58.8 Å². The molecule has 2 N–H and O–H groups in total. The maximum atomic E-state index is 12.2. The van der Waals surface area contributed by atoms with E-state index in [-0.39, 0.29) is 18.2 Å². The van der Waals surface area contributed by atoms with Gasteiger partial charge in [-0.1, -0.05) is 0 Å². The Kier molecular flexibility index (Phi) is 3.56. The fourth-order valence-electron chi connectivity index (χ4n) is 2.97. The Hall–Kier alpha value is -0.810. The number of rotatable bonds is 0. The quantitative estimate of drug-likeness (QED) is 0.698. The number of nitrogens with zero attached hydrogens (tertiary/aromatic N) is 2. The first kappa shape index (κ1) is 13.6. The van der Waals surface area contributed by atoms with Crippen LogP contribution in [0.4, 0.5) is 4.79 Å². The van der Waals surface area contributed by atoms with Gasteiger partial charge >= 0.3 is 6.09 Å². The van der Waals surface area contributed by atoms with Crippen LogP contribution in [0, 0.1) is 5.92 Å². The van der Waals surface area contributed by atoms with E-state index >= 15 is 0 Å². The minimum absolute atomic E-state index is 0.0937. The molecule has 2 aliphatic rings. The van der Waals surface area contributed by atoms with E-state index in [1.54, 1.807) is 0 Å². The summed E-state index contributed by atoms with van der Waals surface area (Å²) < 4.78 is 5.47. The van der Waals surface area contributed by atoms with E-state index < -0.39 is 5.60 Å². The van der Waals surface area contributed by atoms with Crippen LogP contribution in [0.5, 0.6) is 0 Å². The summed E-state index contributed by atoms with van der Waals surface area (Å²) in [5, 5.41) is 0. The second-order valence-corrected chi connectivity index (χ2v) is 6.58. The minimum atomic E-state index is -0.445. The number of fused-ring (bicyclic) bond motifs is 1. The molecule has 5 heteroatoms. The highest BCUT2D eigenvalue weighted by molar-refractivity contribution is 5.69. The van der Waals surface area contributed by atoms with E-state index in [9.17, 15) is 4.79 Å². The molecule has 104 valence electrons. The molecule has 1 amide bonds. The van der Waals surface area contributed by atoms with Gasteiger partial charge in [0.15, 0.2) is 0 Å². The van der Waals surface area contributed by atoms with Crippen molar-refractivity contribution in [3.63, 3.8) is 0 Å². The number of hydrogen-bond donors (Lipinski definition) is 1. The highest BCUT2D eigenvalue weighted by Crippen LogP contribution is 2.31. The van der Waals surface area contributed by atoms with Gasteiger partial charge in [-0.05, 0) is 46.7 Å². The molecule has 18 heavy (non-hydrogen) atoms. The van der Waals surface area contributed by atoms with E-state index in [4.69, 9.17) is 10.5 Å². The third-order valence-corrected chi connectivity index (χ3v) is 3.82. The lowest BCUT2D eigenvalue weighted by Gasteiger charge is -2.37. The van der Waals surface area contributed by atoms with E-state index in [0.717, 1.165) is 19.5 Å².